The Kier molecular flexibility index (Phi) is 5.23. The monoisotopic (exact) mass is 252 g/mol. The second-order valence-electron chi connectivity index (χ2n) is 5.33. The third kappa shape index (κ3) is 4.44. The Bertz CT molecular complexity index is 343. The SMILES string of the molecule is CC(C)CNCc1coc(CN2CCOCC2)c1. The van der Waals surface area contributed by atoms with Crippen LogP contribution in [0.25, 0.3) is 0 Å². The van der Waals surface area contributed by atoms with Crippen LogP contribution in [0.15, 0.2) is 16.7 Å². The molecule has 2 rings (SSSR count). The van der Waals surface area contributed by atoms with Gasteiger partial charge in [0.25, 0.3) is 0 Å². The van der Waals surface area contributed by atoms with Crippen molar-refractivity contribution in [3.05, 3.63) is 23.7 Å². The van der Waals surface area contributed by atoms with Gasteiger partial charge in [-0.25, -0.2) is 0 Å². The first kappa shape index (κ1) is 13.6. The lowest BCUT2D eigenvalue weighted by Crippen LogP contribution is -2.35. The van der Waals surface area contributed by atoms with Gasteiger partial charge in [-0.3, -0.25) is 4.90 Å². The average molecular weight is 252 g/mol. The molecule has 102 valence electrons. The predicted octanol–water partition coefficient (Wildman–Crippen LogP) is 1.86. The summed E-state index contributed by atoms with van der Waals surface area (Å²) in [5.41, 5.74) is 1.24. The third-order valence-electron chi connectivity index (χ3n) is 3.07. The van der Waals surface area contributed by atoms with Gasteiger partial charge in [-0.15, -0.1) is 0 Å². The van der Waals surface area contributed by atoms with Crippen molar-refractivity contribution in [2.45, 2.75) is 26.9 Å². The van der Waals surface area contributed by atoms with E-state index in [1.54, 1.807) is 0 Å². The van der Waals surface area contributed by atoms with Crippen LogP contribution in [0.5, 0.6) is 0 Å². The fourth-order valence-corrected chi connectivity index (χ4v) is 2.09. The molecule has 0 radical (unpaired) electrons. The molecule has 0 spiro atoms. The van der Waals surface area contributed by atoms with E-state index in [1.165, 1.54) is 5.56 Å². The van der Waals surface area contributed by atoms with E-state index < -0.39 is 0 Å². The lowest BCUT2D eigenvalue weighted by molar-refractivity contribution is 0.0313. The van der Waals surface area contributed by atoms with Crippen molar-refractivity contribution in [3.8, 4) is 0 Å². The maximum atomic E-state index is 5.60. The van der Waals surface area contributed by atoms with Crippen molar-refractivity contribution in [3.63, 3.8) is 0 Å². The van der Waals surface area contributed by atoms with Gasteiger partial charge in [0.15, 0.2) is 0 Å². The van der Waals surface area contributed by atoms with Crippen LogP contribution in [0.1, 0.15) is 25.2 Å². The summed E-state index contributed by atoms with van der Waals surface area (Å²) in [6.07, 6.45) is 1.86. The lowest BCUT2D eigenvalue weighted by atomic mass is 10.2. The molecule has 1 fully saturated rings. The zero-order valence-corrected chi connectivity index (χ0v) is 11.4. The first-order valence-corrected chi connectivity index (χ1v) is 6.81. The number of nitrogens with one attached hydrogen (secondary N) is 1. The number of rotatable bonds is 6. The fraction of sp³-hybridized carbons (Fsp3) is 0.714. The molecule has 0 bridgehead atoms. The molecule has 18 heavy (non-hydrogen) atoms. The number of furan rings is 1. The van der Waals surface area contributed by atoms with Gasteiger partial charge in [-0.1, -0.05) is 13.8 Å². The van der Waals surface area contributed by atoms with Gasteiger partial charge < -0.3 is 14.5 Å². The molecule has 0 atom stereocenters. The number of nitrogens with zero attached hydrogens (tertiary/aromatic N) is 1. The van der Waals surface area contributed by atoms with Crippen molar-refractivity contribution in [2.75, 3.05) is 32.8 Å². The molecule has 0 unspecified atom stereocenters. The van der Waals surface area contributed by atoms with Gasteiger partial charge >= 0.3 is 0 Å². The highest BCUT2D eigenvalue weighted by Crippen LogP contribution is 2.11. The summed E-state index contributed by atoms with van der Waals surface area (Å²) in [5.74, 6) is 1.74. The van der Waals surface area contributed by atoms with Gasteiger partial charge in [0.2, 0.25) is 0 Å². The molecule has 1 aromatic rings. The Hall–Kier alpha value is -0.840. The smallest absolute Gasteiger partial charge is 0.118 e. The number of ether oxygens (including phenoxy) is 1. The van der Waals surface area contributed by atoms with Crippen molar-refractivity contribution in [1.29, 1.82) is 0 Å². The average Bonchev–Trinajstić information content (AvgIpc) is 2.78. The molecule has 1 aliphatic heterocycles. The van der Waals surface area contributed by atoms with E-state index in [-0.39, 0.29) is 0 Å². The minimum atomic E-state index is 0.685. The zero-order chi connectivity index (χ0) is 12.8. The second kappa shape index (κ2) is 6.92. The molecule has 1 saturated heterocycles. The van der Waals surface area contributed by atoms with Gasteiger partial charge in [0, 0.05) is 25.2 Å². The van der Waals surface area contributed by atoms with Gasteiger partial charge in [0.05, 0.1) is 26.0 Å². The molecular weight excluding hydrogens is 228 g/mol. The van der Waals surface area contributed by atoms with E-state index in [0.717, 1.165) is 51.7 Å². The van der Waals surface area contributed by atoms with Crippen molar-refractivity contribution < 1.29 is 9.15 Å². The molecule has 1 aromatic heterocycles. The summed E-state index contributed by atoms with van der Waals surface area (Å²) in [6.45, 7) is 10.9. The van der Waals surface area contributed by atoms with Gasteiger partial charge in [0.1, 0.15) is 5.76 Å². The predicted molar refractivity (Wildman–Crippen MR) is 71.3 cm³/mol. The highest BCUT2D eigenvalue weighted by atomic mass is 16.5. The Balaban J connectivity index is 1.74. The summed E-state index contributed by atoms with van der Waals surface area (Å²) in [7, 11) is 0. The van der Waals surface area contributed by atoms with E-state index >= 15 is 0 Å². The quantitative estimate of drug-likeness (QED) is 0.838. The topological polar surface area (TPSA) is 37.6 Å². The fourth-order valence-electron chi connectivity index (χ4n) is 2.09. The Morgan fingerprint density at radius 2 is 2.11 bits per heavy atom. The highest BCUT2D eigenvalue weighted by Gasteiger charge is 2.12. The van der Waals surface area contributed by atoms with Crippen molar-refractivity contribution >= 4 is 0 Å². The van der Waals surface area contributed by atoms with E-state index in [0.29, 0.717) is 5.92 Å². The van der Waals surface area contributed by atoms with Gasteiger partial charge in [-0.2, -0.15) is 0 Å². The normalized spacial score (nSPS) is 17.5. The Morgan fingerprint density at radius 1 is 1.33 bits per heavy atom. The summed E-state index contributed by atoms with van der Waals surface area (Å²) in [6, 6.07) is 2.16. The lowest BCUT2D eigenvalue weighted by Gasteiger charge is -2.25. The van der Waals surface area contributed by atoms with Crippen LogP contribution in [0.4, 0.5) is 0 Å². The maximum Gasteiger partial charge on any atom is 0.118 e. The molecule has 0 aliphatic carbocycles. The first-order chi connectivity index (χ1) is 8.74. The molecule has 0 saturated carbocycles. The summed E-state index contributed by atoms with van der Waals surface area (Å²) in [5, 5.41) is 3.42. The van der Waals surface area contributed by atoms with Crippen LogP contribution in [0, 0.1) is 5.92 Å². The van der Waals surface area contributed by atoms with Crippen LogP contribution in [-0.2, 0) is 17.8 Å². The molecule has 1 N–H and O–H groups in total. The molecular formula is C14H24N2O2. The van der Waals surface area contributed by atoms with Crippen LogP contribution >= 0.6 is 0 Å². The van der Waals surface area contributed by atoms with Crippen LogP contribution in [0.2, 0.25) is 0 Å². The largest absolute Gasteiger partial charge is 0.468 e. The summed E-state index contributed by atoms with van der Waals surface area (Å²) < 4.78 is 10.9. The minimum absolute atomic E-state index is 0.685. The second-order valence-corrected chi connectivity index (χ2v) is 5.33. The van der Waals surface area contributed by atoms with Crippen molar-refractivity contribution in [1.82, 2.24) is 10.2 Å². The first-order valence-electron chi connectivity index (χ1n) is 6.81. The minimum Gasteiger partial charge on any atom is -0.468 e. The number of hydrogen-bond acceptors (Lipinski definition) is 4. The molecule has 0 aromatic carbocycles. The van der Waals surface area contributed by atoms with E-state index in [1.807, 2.05) is 6.26 Å². The van der Waals surface area contributed by atoms with E-state index in [9.17, 15) is 0 Å². The summed E-state index contributed by atoms with van der Waals surface area (Å²) in [4.78, 5) is 2.37. The maximum absolute atomic E-state index is 5.60. The van der Waals surface area contributed by atoms with E-state index in [2.05, 4.69) is 30.1 Å². The summed E-state index contributed by atoms with van der Waals surface area (Å²) >= 11 is 0. The highest BCUT2D eigenvalue weighted by molar-refractivity contribution is 5.12. The van der Waals surface area contributed by atoms with Crippen LogP contribution in [-0.4, -0.2) is 37.7 Å². The van der Waals surface area contributed by atoms with Crippen LogP contribution < -0.4 is 5.32 Å². The molecule has 0 amide bonds. The molecule has 4 heteroatoms. The number of hydrogen-bond donors (Lipinski definition) is 1. The molecule has 1 aliphatic rings. The van der Waals surface area contributed by atoms with Crippen molar-refractivity contribution in [2.24, 2.45) is 5.92 Å². The Labute approximate surface area is 109 Å². The molecule has 2 heterocycles. The van der Waals surface area contributed by atoms with Crippen LogP contribution in [0.3, 0.4) is 0 Å². The van der Waals surface area contributed by atoms with Gasteiger partial charge in [-0.05, 0) is 18.5 Å². The standard InChI is InChI=1S/C14H24N2O2/c1-12(2)8-15-9-13-7-14(18-11-13)10-16-3-5-17-6-4-16/h7,11-12,15H,3-6,8-10H2,1-2H3. The molecule has 4 nitrogen and oxygen atoms in total. The third-order valence-corrected chi connectivity index (χ3v) is 3.07. The number of morpholine rings is 1. The Morgan fingerprint density at radius 3 is 2.83 bits per heavy atom. The van der Waals surface area contributed by atoms with E-state index in [4.69, 9.17) is 9.15 Å². The zero-order valence-electron chi connectivity index (χ0n) is 11.4.